The van der Waals surface area contributed by atoms with Crippen molar-refractivity contribution in [1.29, 1.82) is 0 Å². The van der Waals surface area contributed by atoms with E-state index in [4.69, 9.17) is 26.8 Å². The van der Waals surface area contributed by atoms with Crippen molar-refractivity contribution in [3.63, 3.8) is 0 Å². The Morgan fingerprint density at radius 2 is 1.97 bits per heavy atom. The van der Waals surface area contributed by atoms with E-state index in [-0.39, 0.29) is 12.7 Å². The summed E-state index contributed by atoms with van der Waals surface area (Å²) in [6, 6.07) is 15.6. The monoisotopic (exact) mass is 435 g/mol. The second-order valence-corrected chi connectivity index (χ2v) is 8.38. The second-order valence-electron chi connectivity index (χ2n) is 6.71. The molecule has 0 saturated carbocycles. The summed E-state index contributed by atoms with van der Waals surface area (Å²) in [6.07, 6.45) is 3.79. The third-order valence-corrected chi connectivity index (χ3v) is 6.26. The van der Waals surface area contributed by atoms with Crippen LogP contribution in [-0.2, 0) is 4.79 Å². The standard InChI is InChI=1S/C22H17N3O3S2/c1-2-24-21(26)19(30-22(24)29)11-15-12-25(16-6-4-3-5-7-16)23-20(15)14-8-9-17-18(10-14)28-13-27-17/h3-12H,2,13H2,1H3/b19-11-. The first-order valence-electron chi connectivity index (χ1n) is 9.44. The van der Waals surface area contributed by atoms with Gasteiger partial charge in [0, 0.05) is 23.9 Å². The average molecular weight is 436 g/mol. The lowest BCUT2D eigenvalue weighted by Crippen LogP contribution is -2.27. The van der Waals surface area contributed by atoms with Crippen molar-refractivity contribution in [1.82, 2.24) is 14.7 Å². The first-order chi connectivity index (χ1) is 14.6. The van der Waals surface area contributed by atoms with E-state index in [1.807, 2.05) is 72.4 Å². The number of ether oxygens (including phenoxy) is 2. The van der Waals surface area contributed by atoms with Crippen LogP contribution in [-0.4, -0.2) is 38.2 Å². The fraction of sp³-hybridized carbons (Fsp3) is 0.136. The van der Waals surface area contributed by atoms with Crippen molar-refractivity contribution in [3.8, 4) is 28.4 Å². The number of para-hydroxylation sites is 1. The highest BCUT2D eigenvalue weighted by atomic mass is 32.2. The van der Waals surface area contributed by atoms with E-state index in [9.17, 15) is 4.79 Å². The number of hydrogen-bond donors (Lipinski definition) is 0. The zero-order chi connectivity index (χ0) is 20.7. The Balaban J connectivity index is 1.62. The molecule has 2 aliphatic rings. The Morgan fingerprint density at radius 1 is 1.17 bits per heavy atom. The lowest BCUT2D eigenvalue weighted by molar-refractivity contribution is -0.121. The maximum Gasteiger partial charge on any atom is 0.266 e. The van der Waals surface area contributed by atoms with Gasteiger partial charge in [-0.15, -0.1) is 0 Å². The summed E-state index contributed by atoms with van der Waals surface area (Å²) in [4.78, 5) is 14.9. The van der Waals surface area contributed by atoms with Crippen LogP contribution in [0.3, 0.4) is 0 Å². The average Bonchev–Trinajstić information content (AvgIpc) is 3.46. The molecule has 0 atom stereocenters. The number of rotatable bonds is 4. The van der Waals surface area contributed by atoms with E-state index in [1.165, 1.54) is 11.8 Å². The van der Waals surface area contributed by atoms with Crippen molar-refractivity contribution in [2.75, 3.05) is 13.3 Å². The Bertz CT molecular complexity index is 1190. The van der Waals surface area contributed by atoms with Gasteiger partial charge in [-0.3, -0.25) is 9.69 Å². The van der Waals surface area contributed by atoms with Crippen LogP contribution in [0.15, 0.2) is 59.6 Å². The molecule has 0 unspecified atom stereocenters. The van der Waals surface area contributed by atoms with Gasteiger partial charge in [-0.05, 0) is 43.3 Å². The first-order valence-corrected chi connectivity index (χ1v) is 10.7. The largest absolute Gasteiger partial charge is 0.454 e. The van der Waals surface area contributed by atoms with Crippen LogP contribution in [0.4, 0.5) is 0 Å². The number of likely N-dealkylation sites (N-methyl/N-ethyl adjacent to an activating group) is 1. The minimum Gasteiger partial charge on any atom is -0.454 e. The Labute approximate surface area is 183 Å². The molecule has 30 heavy (non-hydrogen) atoms. The summed E-state index contributed by atoms with van der Waals surface area (Å²) >= 11 is 6.67. The molecule has 0 spiro atoms. The number of carbonyl (C=O) groups excluding carboxylic acids is 1. The van der Waals surface area contributed by atoms with E-state index < -0.39 is 0 Å². The van der Waals surface area contributed by atoms with E-state index in [2.05, 4.69) is 0 Å². The molecule has 1 fully saturated rings. The number of hydrogen-bond acceptors (Lipinski definition) is 6. The van der Waals surface area contributed by atoms with Gasteiger partial charge in [-0.25, -0.2) is 4.68 Å². The van der Waals surface area contributed by atoms with Crippen molar-refractivity contribution < 1.29 is 14.3 Å². The summed E-state index contributed by atoms with van der Waals surface area (Å²) in [6.45, 7) is 2.68. The van der Waals surface area contributed by atoms with Crippen LogP contribution < -0.4 is 9.47 Å². The zero-order valence-electron chi connectivity index (χ0n) is 16.1. The van der Waals surface area contributed by atoms with E-state index in [0.717, 1.165) is 22.5 Å². The first kappa shape index (κ1) is 18.9. The Hall–Kier alpha value is -3.10. The number of thioether (sulfide) groups is 1. The van der Waals surface area contributed by atoms with Crippen LogP contribution in [0.2, 0.25) is 0 Å². The predicted octanol–water partition coefficient (Wildman–Crippen LogP) is 4.49. The van der Waals surface area contributed by atoms with Gasteiger partial charge in [0.15, 0.2) is 11.5 Å². The summed E-state index contributed by atoms with van der Waals surface area (Å²) in [5.74, 6) is 1.33. The molecule has 2 aliphatic heterocycles. The minimum absolute atomic E-state index is 0.0726. The molecule has 150 valence electrons. The van der Waals surface area contributed by atoms with Crippen LogP contribution in [0.5, 0.6) is 11.5 Å². The van der Waals surface area contributed by atoms with Gasteiger partial charge >= 0.3 is 0 Å². The van der Waals surface area contributed by atoms with Gasteiger partial charge in [-0.2, -0.15) is 5.10 Å². The van der Waals surface area contributed by atoms with Crippen LogP contribution >= 0.6 is 24.0 Å². The van der Waals surface area contributed by atoms with Gasteiger partial charge in [0.05, 0.1) is 10.6 Å². The third kappa shape index (κ3) is 3.28. The maximum atomic E-state index is 12.7. The molecule has 3 aromatic rings. The number of thiocarbonyl (C=S) groups is 1. The lowest BCUT2D eigenvalue weighted by atomic mass is 10.1. The van der Waals surface area contributed by atoms with Crippen molar-refractivity contribution in [3.05, 3.63) is 65.2 Å². The molecule has 0 bridgehead atoms. The quantitative estimate of drug-likeness (QED) is 0.445. The van der Waals surface area contributed by atoms with Crippen LogP contribution in [0, 0.1) is 0 Å². The lowest BCUT2D eigenvalue weighted by Gasteiger charge is -2.09. The molecule has 8 heteroatoms. The van der Waals surface area contributed by atoms with Gasteiger partial charge < -0.3 is 9.47 Å². The summed E-state index contributed by atoms with van der Waals surface area (Å²) in [7, 11) is 0. The molecule has 2 aromatic carbocycles. The van der Waals surface area contributed by atoms with Gasteiger partial charge in [0.2, 0.25) is 6.79 Å². The molecular formula is C22H17N3O3S2. The topological polar surface area (TPSA) is 56.6 Å². The summed E-state index contributed by atoms with van der Waals surface area (Å²) in [5.41, 5.74) is 3.39. The summed E-state index contributed by atoms with van der Waals surface area (Å²) < 4.78 is 13.3. The molecule has 1 amide bonds. The fourth-order valence-corrected chi connectivity index (χ4v) is 4.76. The molecule has 1 aromatic heterocycles. The Kier molecular flexibility index (Phi) is 4.80. The highest BCUT2D eigenvalue weighted by Gasteiger charge is 2.31. The molecule has 0 radical (unpaired) electrons. The number of aromatic nitrogens is 2. The van der Waals surface area contributed by atoms with E-state index in [0.29, 0.717) is 27.3 Å². The molecule has 6 nitrogen and oxygen atoms in total. The van der Waals surface area contributed by atoms with Crippen LogP contribution in [0.25, 0.3) is 23.0 Å². The Morgan fingerprint density at radius 3 is 2.73 bits per heavy atom. The number of fused-ring (bicyclic) bond motifs is 1. The number of amides is 1. The highest BCUT2D eigenvalue weighted by molar-refractivity contribution is 8.26. The highest BCUT2D eigenvalue weighted by Crippen LogP contribution is 2.38. The molecule has 5 rings (SSSR count). The second kappa shape index (κ2) is 7.62. The molecular weight excluding hydrogens is 418 g/mol. The smallest absolute Gasteiger partial charge is 0.266 e. The SMILES string of the molecule is CCN1C(=O)/C(=C/c2cn(-c3ccccc3)nc2-c2ccc3c(c2)OCO3)SC1=S. The molecule has 3 heterocycles. The van der Waals surface area contributed by atoms with Crippen LogP contribution in [0.1, 0.15) is 12.5 Å². The molecule has 0 N–H and O–H groups in total. The predicted molar refractivity (Wildman–Crippen MR) is 121 cm³/mol. The number of nitrogens with zero attached hydrogens (tertiary/aromatic N) is 3. The summed E-state index contributed by atoms with van der Waals surface area (Å²) in [5, 5.41) is 4.81. The third-order valence-electron chi connectivity index (χ3n) is 4.89. The van der Waals surface area contributed by atoms with Gasteiger partial charge in [0.1, 0.15) is 10.0 Å². The molecule has 1 saturated heterocycles. The maximum absolute atomic E-state index is 12.7. The molecule has 0 aliphatic carbocycles. The fourth-order valence-electron chi connectivity index (χ4n) is 3.39. The van der Waals surface area contributed by atoms with Crippen molar-refractivity contribution >= 4 is 40.3 Å². The van der Waals surface area contributed by atoms with E-state index >= 15 is 0 Å². The van der Waals surface area contributed by atoms with Gasteiger partial charge in [0.25, 0.3) is 5.91 Å². The number of benzene rings is 2. The zero-order valence-corrected chi connectivity index (χ0v) is 17.7. The van der Waals surface area contributed by atoms with Gasteiger partial charge in [-0.1, -0.05) is 42.2 Å². The van der Waals surface area contributed by atoms with Crippen molar-refractivity contribution in [2.45, 2.75) is 6.92 Å². The number of carbonyl (C=O) groups is 1. The normalized spacial score (nSPS) is 16.7. The minimum atomic E-state index is -0.0726. The van der Waals surface area contributed by atoms with E-state index in [1.54, 1.807) is 4.90 Å². The van der Waals surface area contributed by atoms with Crippen molar-refractivity contribution in [2.24, 2.45) is 0 Å².